The van der Waals surface area contributed by atoms with Gasteiger partial charge in [-0.05, 0) is 17.5 Å². The maximum absolute atomic E-state index is 5.36. The van der Waals surface area contributed by atoms with Crippen molar-refractivity contribution in [1.82, 2.24) is 9.97 Å². The molecule has 1 N–H and O–H groups in total. The average molecular weight is 300 g/mol. The molecule has 6 heteroatoms. The molecule has 0 spiro atoms. The molecule has 0 aliphatic rings. The van der Waals surface area contributed by atoms with E-state index in [4.69, 9.17) is 4.74 Å². The largest absolute Gasteiger partial charge is 0.497 e. The molecule has 0 saturated heterocycles. The smallest absolute Gasteiger partial charge is 0.142 e. The van der Waals surface area contributed by atoms with Crippen LogP contribution in [0.3, 0.4) is 0 Å². The fourth-order valence-corrected chi connectivity index (χ4v) is 2.79. The topological polar surface area (TPSA) is 50.3 Å². The van der Waals surface area contributed by atoms with E-state index in [9.17, 15) is 0 Å². The van der Waals surface area contributed by atoms with E-state index in [1.165, 1.54) is 0 Å². The van der Waals surface area contributed by atoms with Crippen LogP contribution in [0.1, 0.15) is 0 Å². The third-order valence-corrected chi connectivity index (χ3v) is 3.99. The first-order chi connectivity index (χ1) is 10.2. The molecule has 3 rings (SSSR count). The van der Waals surface area contributed by atoms with Gasteiger partial charge in [0.25, 0.3) is 0 Å². The molecule has 0 unspecified atom stereocenters. The Morgan fingerprint density at radius 1 is 1.19 bits per heavy atom. The molecular weight excluding hydrogens is 284 g/mol. The van der Waals surface area contributed by atoms with E-state index in [1.807, 2.05) is 42.6 Å². The number of aromatic nitrogens is 2. The lowest BCUT2D eigenvalue weighted by molar-refractivity contribution is 0.415. The van der Waals surface area contributed by atoms with Crippen molar-refractivity contribution in [1.29, 1.82) is 0 Å². The standard InChI is InChI=1S/C15H16N4OS/c1-19(2)11-6-10(7-12(8-11)20-3)18-14-13-4-5-21-15(13)17-9-16-14/h4-9H,1-3H3,(H,16,17,18). The van der Waals surface area contributed by atoms with Gasteiger partial charge >= 0.3 is 0 Å². The van der Waals surface area contributed by atoms with Crippen molar-refractivity contribution in [2.24, 2.45) is 0 Å². The van der Waals surface area contributed by atoms with Crippen LogP contribution in [-0.2, 0) is 0 Å². The Morgan fingerprint density at radius 2 is 2.05 bits per heavy atom. The molecule has 0 aliphatic heterocycles. The second-order valence-electron chi connectivity index (χ2n) is 4.80. The number of thiophene rings is 1. The lowest BCUT2D eigenvalue weighted by atomic mass is 10.2. The summed E-state index contributed by atoms with van der Waals surface area (Å²) in [6, 6.07) is 8.02. The van der Waals surface area contributed by atoms with E-state index < -0.39 is 0 Å². The van der Waals surface area contributed by atoms with Crippen molar-refractivity contribution in [2.75, 3.05) is 31.4 Å². The number of anilines is 3. The maximum Gasteiger partial charge on any atom is 0.142 e. The maximum atomic E-state index is 5.36. The molecule has 0 saturated carbocycles. The molecule has 21 heavy (non-hydrogen) atoms. The summed E-state index contributed by atoms with van der Waals surface area (Å²) < 4.78 is 5.36. The van der Waals surface area contributed by atoms with Gasteiger partial charge in [-0.15, -0.1) is 11.3 Å². The zero-order valence-corrected chi connectivity index (χ0v) is 12.9. The highest BCUT2D eigenvalue weighted by molar-refractivity contribution is 7.16. The molecule has 0 amide bonds. The third kappa shape index (κ3) is 2.75. The Bertz CT molecular complexity index is 769. The lowest BCUT2D eigenvalue weighted by Gasteiger charge is -2.16. The number of nitrogens with zero attached hydrogens (tertiary/aromatic N) is 3. The van der Waals surface area contributed by atoms with Crippen LogP contribution in [0.2, 0.25) is 0 Å². The average Bonchev–Trinajstić information content (AvgIpc) is 2.96. The van der Waals surface area contributed by atoms with Crippen molar-refractivity contribution in [3.63, 3.8) is 0 Å². The summed E-state index contributed by atoms with van der Waals surface area (Å²) in [7, 11) is 5.67. The minimum Gasteiger partial charge on any atom is -0.497 e. The summed E-state index contributed by atoms with van der Waals surface area (Å²) in [5.41, 5.74) is 2.00. The second kappa shape index (κ2) is 5.57. The predicted molar refractivity (Wildman–Crippen MR) is 88.0 cm³/mol. The summed E-state index contributed by atoms with van der Waals surface area (Å²) in [5.74, 6) is 1.61. The van der Waals surface area contributed by atoms with Crippen molar-refractivity contribution in [3.05, 3.63) is 36.0 Å². The fraction of sp³-hybridized carbons (Fsp3) is 0.200. The number of hydrogen-bond acceptors (Lipinski definition) is 6. The van der Waals surface area contributed by atoms with Gasteiger partial charge in [0.05, 0.1) is 12.5 Å². The zero-order chi connectivity index (χ0) is 14.8. The van der Waals surface area contributed by atoms with Crippen LogP contribution in [-0.4, -0.2) is 31.2 Å². The van der Waals surface area contributed by atoms with Crippen molar-refractivity contribution < 1.29 is 4.74 Å². The van der Waals surface area contributed by atoms with Crippen LogP contribution in [0, 0.1) is 0 Å². The van der Waals surface area contributed by atoms with E-state index in [2.05, 4.69) is 21.4 Å². The van der Waals surface area contributed by atoms with Crippen LogP contribution in [0.4, 0.5) is 17.2 Å². The van der Waals surface area contributed by atoms with Gasteiger partial charge in [-0.2, -0.15) is 0 Å². The summed E-state index contributed by atoms with van der Waals surface area (Å²) in [4.78, 5) is 11.6. The molecule has 2 aromatic heterocycles. The van der Waals surface area contributed by atoms with Crippen molar-refractivity contribution >= 4 is 38.7 Å². The molecule has 108 valence electrons. The van der Waals surface area contributed by atoms with Gasteiger partial charge in [0.1, 0.15) is 22.7 Å². The normalized spacial score (nSPS) is 10.6. The number of methoxy groups -OCH3 is 1. The second-order valence-corrected chi connectivity index (χ2v) is 5.70. The van der Waals surface area contributed by atoms with Crippen LogP contribution in [0.15, 0.2) is 36.0 Å². The number of rotatable bonds is 4. The number of nitrogens with one attached hydrogen (secondary N) is 1. The summed E-state index contributed by atoms with van der Waals surface area (Å²) in [5, 5.41) is 6.39. The molecule has 0 atom stereocenters. The van der Waals surface area contributed by atoms with Gasteiger partial charge in [0.15, 0.2) is 0 Å². The van der Waals surface area contributed by atoms with Crippen molar-refractivity contribution in [3.8, 4) is 5.75 Å². The highest BCUT2D eigenvalue weighted by Crippen LogP contribution is 2.30. The van der Waals surface area contributed by atoms with E-state index in [-0.39, 0.29) is 0 Å². The lowest BCUT2D eigenvalue weighted by Crippen LogP contribution is -2.09. The van der Waals surface area contributed by atoms with Gasteiger partial charge in [-0.25, -0.2) is 9.97 Å². The first-order valence-corrected chi connectivity index (χ1v) is 7.37. The van der Waals surface area contributed by atoms with E-state index in [1.54, 1.807) is 24.8 Å². The minimum absolute atomic E-state index is 0.805. The molecule has 3 aromatic rings. The highest BCUT2D eigenvalue weighted by atomic mass is 32.1. The molecular formula is C15H16N4OS. The first-order valence-electron chi connectivity index (χ1n) is 6.49. The summed E-state index contributed by atoms with van der Waals surface area (Å²) in [6.07, 6.45) is 1.58. The Morgan fingerprint density at radius 3 is 2.81 bits per heavy atom. The Kier molecular flexibility index (Phi) is 3.62. The number of benzene rings is 1. The molecule has 0 bridgehead atoms. The van der Waals surface area contributed by atoms with Crippen molar-refractivity contribution in [2.45, 2.75) is 0 Å². The summed E-state index contributed by atoms with van der Waals surface area (Å²) in [6.45, 7) is 0. The predicted octanol–water partition coefficient (Wildman–Crippen LogP) is 3.51. The first kappa shape index (κ1) is 13.6. The highest BCUT2D eigenvalue weighted by Gasteiger charge is 2.08. The minimum atomic E-state index is 0.805. The van der Waals surface area contributed by atoms with Crippen LogP contribution in [0.5, 0.6) is 5.75 Å². The van der Waals surface area contributed by atoms with Crippen LogP contribution < -0.4 is 15.0 Å². The van der Waals surface area contributed by atoms with Crippen LogP contribution >= 0.6 is 11.3 Å². The number of fused-ring (bicyclic) bond motifs is 1. The van der Waals surface area contributed by atoms with Gasteiger partial charge < -0.3 is 15.0 Å². The quantitative estimate of drug-likeness (QED) is 0.799. The molecule has 0 radical (unpaired) electrons. The monoisotopic (exact) mass is 300 g/mol. The van der Waals surface area contributed by atoms with Crippen LogP contribution in [0.25, 0.3) is 10.2 Å². The van der Waals surface area contributed by atoms with E-state index in [0.29, 0.717) is 0 Å². The summed E-state index contributed by atoms with van der Waals surface area (Å²) >= 11 is 1.60. The fourth-order valence-electron chi connectivity index (χ4n) is 2.06. The molecule has 0 aliphatic carbocycles. The van der Waals surface area contributed by atoms with Gasteiger partial charge in [-0.3, -0.25) is 0 Å². The third-order valence-electron chi connectivity index (χ3n) is 3.17. The SMILES string of the molecule is COc1cc(Nc2ncnc3sccc23)cc(N(C)C)c1. The van der Waals surface area contributed by atoms with Gasteiger partial charge in [-0.1, -0.05) is 0 Å². The molecule has 1 aromatic carbocycles. The molecule has 5 nitrogen and oxygen atoms in total. The van der Waals surface area contributed by atoms with E-state index in [0.717, 1.165) is 33.2 Å². The Balaban J connectivity index is 2.01. The Labute approximate surface area is 127 Å². The molecule has 0 fully saturated rings. The molecule has 2 heterocycles. The van der Waals surface area contributed by atoms with Gasteiger partial charge in [0.2, 0.25) is 0 Å². The van der Waals surface area contributed by atoms with Gasteiger partial charge in [0, 0.05) is 37.6 Å². The number of hydrogen-bond donors (Lipinski definition) is 1. The zero-order valence-electron chi connectivity index (χ0n) is 12.1. The Hall–Kier alpha value is -2.34. The van der Waals surface area contributed by atoms with E-state index >= 15 is 0 Å². The number of ether oxygens (including phenoxy) is 1.